The van der Waals surface area contributed by atoms with Crippen LogP contribution in [0.2, 0.25) is 0 Å². The molecular weight excluding hydrogens is 328 g/mol. The molecule has 2 saturated heterocycles. The number of rotatable bonds is 5. The van der Waals surface area contributed by atoms with Gasteiger partial charge in [-0.3, -0.25) is 14.8 Å². The smallest absolute Gasteiger partial charge is 0.224 e. The van der Waals surface area contributed by atoms with Gasteiger partial charge in [-0.2, -0.15) is 0 Å². The molecule has 3 fully saturated rings. The second kappa shape index (κ2) is 6.89. The van der Waals surface area contributed by atoms with E-state index in [4.69, 9.17) is 4.74 Å². The summed E-state index contributed by atoms with van der Waals surface area (Å²) in [6, 6.07) is 0. The zero-order valence-corrected chi connectivity index (χ0v) is 16.1. The van der Waals surface area contributed by atoms with Gasteiger partial charge in [-0.25, -0.2) is 0 Å². The first-order chi connectivity index (χ1) is 12.4. The molecule has 0 bridgehead atoms. The highest BCUT2D eigenvalue weighted by Gasteiger charge is 2.59. The van der Waals surface area contributed by atoms with Gasteiger partial charge in [0.1, 0.15) is 0 Å². The molecule has 3 aliphatic rings. The fourth-order valence-corrected chi connectivity index (χ4v) is 4.84. The molecule has 4 atom stereocenters. The summed E-state index contributed by atoms with van der Waals surface area (Å²) in [5, 5.41) is 3.04. The lowest BCUT2D eigenvalue weighted by Crippen LogP contribution is -2.40. The highest BCUT2D eigenvalue weighted by molar-refractivity contribution is 5.82. The number of likely N-dealkylation sites (tertiary alicyclic amines) is 1. The second-order valence-corrected chi connectivity index (χ2v) is 8.91. The lowest BCUT2D eigenvalue weighted by Gasteiger charge is -2.37. The van der Waals surface area contributed by atoms with E-state index in [1.165, 1.54) is 0 Å². The standard InChI is InChI=1S/C20H30N4O2/c1-13-7-22-15(8-21-13)9-23-19(25)18-16-11-24(12-17(16)18)10-14-4-5-26-20(2,3)6-14/h7-8,14,16-18H,4-6,9-12H2,1-3H3,(H,23,25)/t14?,16-,17+,18?. The summed E-state index contributed by atoms with van der Waals surface area (Å²) in [7, 11) is 0. The summed E-state index contributed by atoms with van der Waals surface area (Å²) in [4.78, 5) is 23.5. The largest absolute Gasteiger partial charge is 0.376 e. The maximum Gasteiger partial charge on any atom is 0.224 e. The zero-order valence-electron chi connectivity index (χ0n) is 16.1. The Morgan fingerprint density at radius 1 is 1.31 bits per heavy atom. The number of ether oxygens (including phenoxy) is 1. The first kappa shape index (κ1) is 17.9. The van der Waals surface area contributed by atoms with Gasteiger partial charge in [0.25, 0.3) is 0 Å². The number of aromatic nitrogens is 2. The molecule has 1 aliphatic carbocycles. The van der Waals surface area contributed by atoms with Crippen LogP contribution in [0, 0.1) is 30.6 Å². The summed E-state index contributed by atoms with van der Waals surface area (Å²) in [5.41, 5.74) is 1.73. The van der Waals surface area contributed by atoms with Crippen LogP contribution in [0.15, 0.2) is 12.4 Å². The lowest BCUT2D eigenvalue weighted by atomic mass is 9.88. The van der Waals surface area contributed by atoms with E-state index in [9.17, 15) is 4.79 Å². The zero-order chi connectivity index (χ0) is 18.3. The number of hydrogen-bond acceptors (Lipinski definition) is 5. The summed E-state index contributed by atoms with van der Waals surface area (Å²) in [6.45, 7) is 11.0. The summed E-state index contributed by atoms with van der Waals surface area (Å²) in [5.74, 6) is 2.22. The molecule has 1 N–H and O–H groups in total. The number of carbonyl (C=O) groups is 1. The van der Waals surface area contributed by atoms with Crippen LogP contribution in [-0.4, -0.2) is 52.6 Å². The van der Waals surface area contributed by atoms with Gasteiger partial charge in [0.05, 0.1) is 29.7 Å². The van der Waals surface area contributed by atoms with Crippen molar-refractivity contribution in [2.75, 3.05) is 26.2 Å². The van der Waals surface area contributed by atoms with Crippen molar-refractivity contribution < 1.29 is 9.53 Å². The Hall–Kier alpha value is -1.53. The molecule has 6 nitrogen and oxygen atoms in total. The van der Waals surface area contributed by atoms with Crippen LogP contribution in [0.5, 0.6) is 0 Å². The van der Waals surface area contributed by atoms with Crippen molar-refractivity contribution in [3.05, 3.63) is 23.8 Å². The normalized spacial score (nSPS) is 32.9. The Morgan fingerprint density at radius 3 is 2.73 bits per heavy atom. The van der Waals surface area contributed by atoms with E-state index in [1.807, 2.05) is 6.92 Å². The minimum absolute atomic E-state index is 0.0207. The Kier molecular flexibility index (Phi) is 4.73. The summed E-state index contributed by atoms with van der Waals surface area (Å²) >= 11 is 0. The van der Waals surface area contributed by atoms with Crippen LogP contribution in [-0.2, 0) is 16.1 Å². The topological polar surface area (TPSA) is 67.4 Å². The Labute approximate surface area is 155 Å². The predicted octanol–water partition coefficient (Wildman–Crippen LogP) is 1.78. The molecule has 1 aromatic heterocycles. The molecule has 6 heteroatoms. The average molecular weight is 358 g/mol. The van der Waals surface area contributed by atoms with Crippen molar-refractivity contribution in [3.63, 3.8) is 0 Å². The Morgan fingerprint density at radius 2 is 2.08 bits per heavy atom. The molecule has 1 aromatic rings. The molecule has 3 heterocycles. The number of carbonyl (C=O) groups excluding carboxylic acids is 1. The third-order valence-corrected chi connectivity index (χ3v) is 6.17. The van der Waals surface area contributed by atoms with E-state index in [0.717, 1.165) is 56.4 Å². The number of hydrogen-bond donors (Lipinski definition) is 1. The second-order valence-electron chi connectivity index (χ2n) is 8.91. The quantitative estimate of drug-likeness (QED) is 0.869. The highest BCUT2D eigenvalue weighted by atomic mass is 16.5. The molecule has 26 heavy (non-hydrogen) atoms. The van der Waals surface area contributed by atoms with Crippen molar-refractivity contribution in [3.8, 4) is 0 Å². The molecule has 142 valence electrons. The minimum atomic E-state index is 0.0207. The maximum atomic E-state index is 12.4. The van der Waals surface area contributed by atoms with Crippen LogP contribution in [0.25, 0.3) is 0 Å². The number of aryl methyl sites for hydroxylation is 1. The number of amides is 1. The van der Waals surface area contributed by atoms with Crippen LogP contribution >= 0.6 is 0 Å². The SMILES string of the molecule is Cc1cnc(CNC(=O)C2[C@H]3CN(CC4CCOC(C)(C)C4)C[C@@H]23)cn1. The highest BCUT2D eigenvalue weighted by Crippen LogP contribution is 2.52. The molecule has 4 rings (SSSR count). The predicted molar refractivity (Wildman–Crippen MR) is 98.3 cm³/mol. The number of nitrogens with zero attached hydrogens (tertiary/aromatic N) is 3. The van der Waals surface area contributed by atoms with E-state index in [2.05, 4.69) is 34.0 Å². The monoisotopic (exact) mass is 358 g/mol. The van der Waals surface area contributed by atoms with Crippen LogP contribution in [0.4, 0.5) is 0 Å². The van der Waals surface area contributed by atoms with Crippen molar-refractivity contribution in [1.82, 2.24) is 20.2 Å². The van der Waals surface area contributed by atoms with Gasteiger partial charge in [0.15, 0.2) is 0 Å². The maximum absolute atomic E-state index is 12.4. The third kappa shape index (κ3) is 3.91. The van der Waals surface area contributed by atoms with Gasteiger partial charge in [-0.15, -0.1) is 0 Å². The first-order valence-electron chi connectivity index (χ1n) is 9.83. The van der Waals surface area contributed by atoms with Gasteiger partial charge >= 0.3 is 0 Å². The van der Waals surface area contributed by atoms with Crippen molar-refractivity contribution in [1.29, 1.82) is 0 Å². The van der Waals surface area contributed by atoms with Crippen molar-refractivity contribution in [2.24, 2.45) is 23.7 Å². The van der Waals surface area contributed by atoms with Gasteiger partial charge < -0.3 is 15.0 Å². The van der Waals surface area contributed by atoms with Gasteiger partial charge in [-0.05, 0) is 51.4 Å². The van der Waals surface area contributed by atoms with Gasteiger partial charge in [0, 0.05) is 38.4 Å². The Balaban J connectivity index is 1.20. The molecule has 2 aliphatic heterocycles. The van der Waals surface area contributed by atoms with E-state index in [-0.39, 0.29) is 17.4 Å². The number of fused-ring (bicyclic) bond motifs is 1. The molecule has 0 aromatic carbocycles. The molecule has 2 unspecified atom stereocenters. The minimum Gasteiger partial charge on any atom is -0.376 e. The van der Waals surface area contributed by atoms with Crippen molar-refractivity contribution in [2.45, 2.75) is 45.8 Å². The average Bonchev–Trinajstić information content (AvgIpc) is 3.09. The fraction of sp³-hybridized carbons (Fsp3) is 0.750. The van der Waals surface area contributed by atoms with E-state index >= 15 is 0 Å². The van der Waals surface area contributed by atoms with Gasteiger partial charge in [-0.1, -0.05) is 0 Å². The molecule has 1 saturated carbocycles. The molecular formula is C20H30N4O2. The van der Waals surface area contributed by atoms with E-state index in [0.29, 0.717) is 18.4 Å². The van der Waals surface area contributed by atoms with Crippen LogP contribution in [0.1, 0.15) is 38.1 Å². The third-order valence-electron chi connectivity index (χ3n) is 6.17. The van der Waals surface area contributed by atoms with E-state index in [1.54, 1.807) is 12.4 Å². The lowest BCUT2D eigenvalue weighted by molar-refractivity contribution is -0.123. The molecule has 0 radical (unpaired) electrons. The molecule has 1 amide bonds. The first-order valence-corrected chi connectivity index (χ1v) is 9.83. The summed E-state index contributed by atoms with van der Waals surface area (Å²) < 4.78 is 5.83. The van der Waals surface area contributed by atoms with Crippen molar-refractivity contribution >= 4 is 5.91 Å². The summed E-state index contributed by atoms with van der Waals surface area (Å²) in [6.07, 6.45) is 5.78. The fourth-order valence-electron chi connectivity index (χ4n) is 4.84. The molecule has 0 spiro atoms. The van der Waals surface area contributed by atoms with E-state index < -0.39 is 0 Å². The van der Waals surface area contributed by atoms with Crippen LogP contribution < -0.4 is 5.32 Å². The number of nitrogens with one attached hydrogen (secondary N) is 1. The Bertz CT molecular complexity index is 648. The number of piperidine rings is 1. The van der Waals surface area contributed by atoms with Crippen LogP contribution in [0.3, 0.4) is 0 Å². The van der Waals surface area contributed by atoms with Gasteiger partial charge in [0.2, 0.25) is 5.91 Å².